The number of ether oxygens (including phenoxy) is 1. The van der Waals surface area contributed by atoms with Gasteiger partial charge in [-0.2, -0.15) is 5.10 Å². The zero-order valence-electron chi connectivity index (χ0n) is 12.3. The van der Waals surface area contributed by atoms with E-state index in [9.17, 15) is 15.3 Å². The first kappa shape index (κ1) is 16.6. The fourth-order valence-electron chi connectivity index (χ4n) is 2.35. The summed E-state index contributed by atoms with van der Waals surface area (Å²) in [5.74, 6) is 0.691. The van der Waals surface area contributed by atoms with E-state index in [-0.39, 0.29) is 5.75 Å². The van der Waals surface area contributed by atoms with Crippen LogP contribution in [0.2, 0.25) is 5.02 Å². The summed E-state index contributed by atoms with van der Waals surface area (Å²) in [5, 5.41) is 33.9. The average molecular weight is 357 g/mol. The zero-order valence-corrected chi connectivity index (χ0v) is 13.9. The normalized spacial score (nSPS) is 27.9. The molecule has 3 N–H and O–H groups in total. The lowest BCUT2D eigenvalue weighted by Gasteiger charge is -2.34. The van der Waals surface area contributed by atoms with Crippen molar-refractivity contribution in [2.24, 2.45) is 7.05 Å². The van der Waals surface area contributed by atoms with Gasteiger partial charge in [0.05, 0.1) is 17.3 Å². The van der Waals surface area contributed by atoms with E-state index in [0.29, 0.717) is 10.8 Å². The van der Waals surface area contributed by atoms with Crippen LogP contribution in [0.4, 0.5) is 0 Å². The molecule has 3 rings (SSSR count). The quantitative estimate of drug-likeness (QED) is 0.767. The van der Waals surface area contributed by atoms with Crippen molar-refractivity contribution in [3.63, 3.8) is 0 Å². The lowest BCUT2D eigenvalue weighted by molar-refractivity contribution is -0.0785. The Kier molecular flexibility index (Phi) is 4.84. The number of aromatic nitrogens is 2. The van der Waals surface area contributed by atoms with Gasteiger partial charge in [-0.05, 0) is 17.7 Å². The van der Waals surface area contributed by atoms with Crippen LogP contribution in [0, 0.1) is 0 Å². The number of aryl methyl sites for hydroxylation is 1. The van der Waals surface area contributed by atoms with Gasteiger partial charge in [0.1, 0.15) is 18.0 Å². The van der Waals surface area contributed by atoms with Gasteiger partial charge in [-0.3, -0.25) is 4.68 Å². The van der Waals surface area contributed by atoms with Gasteiger partial charge >= 0.3 is 0 Å². The molecule has 4 atom stereocenters. The Bertz CT molecular complexity index is 696. The maximum Gasteiger partial charge on any atom is 0.173 e. The van der Waals surface area contributed by atoms with E-state index in [2.05, 4.69) is 5.10 Å². The summed E-state index contributed by atoms with van der Waals surface area (Å²) in [6.07, 6.45) is 0.213. The predicted octanol–water partition coefficient (Wildman–Crippen LogP) is 1.27. The van der Waals surface area contributed by atoms with Gasteiger partial charge < -0.3 is 20.1 Å². The van der Waals surface area contributed by atoms with Crippen molar-refractivity contribution in [3.8, 4) is 16.9 Å². The van der Waals surface area contributed by atoms with Crippen LogP contribution in [0.3, 0.4) is 0 Å². The summed E-state index contributed by atoms with van der Waals surface area (Å²) in [7, 11) is 1.83. The molecule has 1 fully saturated rings. The Morgan fingerprint density at radius 2 is 2.04 bits per heavy atom. The van der Waals surface area contributed by atoms with Crippen LogP contribution in [0.1, 0.15) is 0 Å². The lowest BCUT2D eigenvalue weighted by atomic mass is 10.1. The van der Waals surface area contributed by atoms with Crippen molar-refractivity contribution in [1.82, 2.24) is 9.78 Å². The number of aliphatic hydroxyl groups is 3. The minimum atomic E-state index is -1.23. The number of nitrogens with zero attached hydrogens (tertiary/aromatic N) is 2. The van der Waals surface area contributed by atoms with Crippen molar-refractivity contribution in [1.29, 1.82) is 0 Å². The third kappa shape index (κ3) is 3.49. The van der Waals surface area contributed by atoms with Crippen LogP contribution in [-0.4, -0.2) is 54.6 Å². The summed E-state index contributed by atoms with van der Waals surface area (Å²) in [6.45, 7) is 0. The Morgan fingerprint density at radius 1 is 1.26 bits per heavy atom. The third-order valence-electron chi connectivity index (χ3n) is 3.67. The van der Waals surface area contributed by atoms with Crippen LogP contribution >= 0.6 is 23.4 Å². The summed E-state index contributed by atoms with van der Waals surface area (Å²) in [5.41, 5.74) is 1.10. The number of hydrogen-bond donors (Lipinski definition) is 3. The Balaban J connectivity index is 1.82. The molecule has 0 unspecified atom stereocenters. The molecule has 0 radical (unpaired) electrons. The second-order valence-electron chi connectivity index (χ2n) is 5.42. The molecule has 1 aliphatic heterocycles. The number of rotatable bonds is 3. The highest BCUT2D eigenvalue weighted by Crippen LogP contribution is 2.35. The van der Waals surface area contributed by atoms with E-state index in [0.717, 1.165) is 11.1 Å². The average Bonchev–Trinajstić information content (AvgIpc) is 2.96. The van der Waals surface area contributed by atoms with E-state index >= 15 is 0 Å². The summed E-state index contributed by atoms with van der Waals surface area (Å²) >= 11 is 7.41. The minimum absolute atomic E-state index is 0.281. The molecule has 1 saturated heterocycles. The number of hydrogen-bond acceptors (Lipinski definition) is 6. The van der Waals surface area contributed by atoms with Crippen molar-refractivity contribution < 1.29 is 20.1 Å². The van der Waals surface area contributed by atoms with Crippen LogP contribution in [-0.2, 0) is 7.05 Å². The third-order valence-corrected chi connectivity index (χ3v) is 5.22. The number of aliphatic hydroxyl groups excluding tert-OH is 3. The number of halogens is 1. The Hall–Kier alpha value is -1.25. The molecule has 23 heavy (non-hydrogen) atoms. The van der Waals surface area contributed by atoms with Crippen molar-refractivity contribution in [2.45, 2.75) is 23.7 Å². The summed E-state index contributed by atoms with van der Waals surface area (Å²) < 4.78 is 7.47. The maximum absolute atomic E-state index is 10.0. The first-order valence-corrected chi connectivity index (χ1v) is 8.49. The van der Waals surface area contributed by atoms with E-state index in [1.54, 1.807) is 23.0 Å². The highest BCUT2D eigenvalue weighted by molar-refractivity contribution is 7.99. The van der Waals surface area contributed by atoms with Gasteiger partial charge in [0.25, 0.3) is 0 Å². The summed E-state index contributed by atoms with van der Waals surface area (Å²) in [4.78, 5) is 0. The van der Waals surface area contributed by atoms with Crippen LogP contribution in [0.5, 0.6) is 5.75 Å². The lowest BCUT2D eigenvalue weighted by Crippen LogP contribution is -2.50. The van der Waals surface area contributed by atoms with Crippen molar-refractivity contribution >= 4 is 23.4 Å². The molecule has 0 spiro atoms. The molecule has 0 saturated carbocycles. The van der Waals surface area contributed by atoms with E-state index in [1.807, 2.05) is 19.3 Å². The molecule has 8 heteroatoms. The van der Waals surface area contributed by atoms with Gasteiger partial charge in [-0.15, -0.1) is 11.8 Å². The molecule has 0 bridgehead atoms. The van der Waals surface area contributed by atoms with Gasteiger partial charge in [0.2, 0.25) is 0 Å². The molecule has 6 nitrogen and oxygen atoms in total. The van der Waals surface area contributed by atoms with Crippen molar-refractivity contribution in [3.05, 3.63) is 35.6 Å². The maximum atomic E-state index is 10.0. The first-order valence-electron chi connectivity index (χ1n) is 7.07. The zero-order chi connectivity index (χ0) is 16.6. The predicted molar refractivity (Wildman–Crippen MR) is 88.5 cm³/mol. The standard InChI is InChI=1S/C15H17ClN2O4S/c1-18-6-9(5-17-18)8-2-3-10(16)12(4-8)22-15-14(21)13(20)11(19)7-23-15/h2-6,11,13-15,19-21H,7H2,1H3/t11-,13+,14-,15-/m1/s1. The van der Waals surface area contributed by atoms with E-state index in [4.69, 9.17) is 16.3 Å². The molecular weight excluding hydrogens is 340 g/mol. The second-order valence-corrected chi connectivity index (χ2v) is 6.95. The number of benzene rings is 1. The molecule has 1 aliphatic rings. The van der Waals surface area contributed by atoms with Gasteiger partial charge in [-0.1, -0.05) is 17.7 Å². The van der Waals surface area contributed by atoms with Gasteiger partial charge in [0.15, 0.2) is 5.44 Å². The first-order chi connectivity index (χ1) is 11.0. The molecule has 0 amide bonds. The fourth-order valence-corrected chi connectivity index (χ4v) is 3.63. The molecule has 1 aromatic carbocycles. The van der Waals surface area contributed by atoms with Crippen LogP contribution in [0.25, 0.3) is 11.1 Å². The smallest absolute Gasteiger partial charge is 0.173 e. The molecular formula is C15H17ClN2O4S. The largest absolute Gasteiger partial charge is 0.475 e. The van der Waals surface area contributed by atoms with Gasteiger partial charge in [-0.25, -0.2) is 0 Å². The van der Waals surface area contributed by atoms with E-state index in [1.165, 1.54) is 11.8 Å². The van der Waals surface area contributed by atoms with Crippen LogP contribution < -0.4 is 4.74 Å². The minimum Gasteiger partial charge on any atom is -0.475 e. The molecule has 2 heterocycles. The Morgan fingerprint density at radius 3 is 2.74 bits per heavy atom. The molecule has 0 aliphatic carbocycles. The molecule has 1 aromatic heterocycles. The highest BCUT2D eigenvalue weighted by atomic mass is 35.5. The van der Waals surface area contributed by atoms with Crippen molar-refractivity contribution in [2.75, 3.05) is 5.75 Å². The SMILES string of the molecule is Cn1cc(-c2ccc(Cl)c(O[C@@H]3SC[C@@H](O)[C@H](O)[C@H]3O)c2)cn1. The van der Waals surface area contributed by atoms with Crippen LogP contribution in [0.15, 0.2) is 30.6 Å². The fraction of sp³-hybridized carbons (Fsp3) is 0.400. The highest BCUT2D eigenvalue weighted by Gasteiger charge is 2.38. The second kappa shape index (κ2) is 6.70. The van der Waals surface area contributed by atoms with E-state index < -0.39 is 23.7 Å². The molecule has 124 valence electrons. The van der Waals surface area contributed by atoms with Gasteiger partial charge in [0, 0.05) is 24.6 Å². The monoisotopic (exact) mass is 356 g/mol. The molecule has 2 aromatic rings. The number of thioether (sulfide) groups is 1. The Labute approximate surface area is 142 Å². The topological polar surface area (TPSA) is 87.7 Å². The summed E-state index contributed by atoms with van der Waals surface area (Å²) in [6, 6.07) is 5.34.